The second-order valence-corrected chi connectivity index (χ2v) is 7.68. The van der Waals surface area contributed by atoms with Gasteiger partial charge in [0.05, 0.1) is 0 Å². The second kappa shape index (κ2) is 8.95. The normalized spacial score (nSPS) is 15.4. The zero-order chi connectivity index (χ0) is 20.1. The summed E-state index contributed by atoms with van der Waals surface area (Å²) < 4.78 is 6.06. The van der Waals surface area contributed by atoms with Crippen LogP contribution in [-0.2, 0) is 17.8 Å². The number of fused-ring (bicyclic) bond motifs is 1. The van der Waals surface area contributed by atoms with Crippen molar-refractivity contribution in [3.05, 3.63) is 89.5 Å². The summed E-state index contributed by atoms with van der Waals surface area (Å²) in [6.07, 6.45) is 3.83. The van der Waals surface area contributed by atoms with Gasteiger partial charge in [-0.25, -0.2) is 0 Å². The zero-order valence-corrected chi connectivity index (χ0v) is 16.9. The molecule has 29 heavy (non-hydrogen) atoms. The van der Waals surface area contributed by atoms with Gasteiger partial charge in [-0.2, -0.15) is 0 Å². The van der Waals surface area contributed by atoms with Crippen LogP contribution in [-0.4, -0.2) is 13.0 Å². The summed E-state index contributed by atoms with van der Waals surface area (Å²) in [6, 6.07) is 25.3. The van der Waals surface area contributed by atoms with Gasteiger partial charge in [0.15, 0.2) is 0 Å². The van der Waals surface area contributed by atoms with Crippen LogP contribution in [0.3, 0.4) is 0 Å². The van der Waals surface area contributed by atoms with E-state index in [1.165, 1.54) is 22.3 Å². The molecule has 1 unspecified atom stereocenters. The lowest BCUT2D eigenvalue weighted by atomic mass is 9.81. The van der Waals surface area contributed by atoms with E-state index in [2.05, 4.69) is 66.0 Å². The molecule has 148 valence electrons. The molecule has 3 aromatic carbocycles. The molecular formula is C26H27NO2. The quantitative estimate of drug-likeness (QED) is 0.609. The largest absolute Gasteiger partial charge is 0.489 e. The van der Waals surface area contributed by atoms with E-state index < -0.39 is 0 Å². The zero-order valence-electron chi connectivity index (χ0n) is 16.9. The lowest BCUT2D eigenvalue weighted by Crippen LogP contribution is -2.22. The standard InChI is InChI=1S/C26H27NO2/c1-27-26(28)17-23-9-5-8-22-16-24(14-15-25(22)23)29-18-19-10-12-21(13-11-19)20-6-3-2-4-7-20/h2-4,6-7,10-16,23H,5,8-9,17-18H2,1H3,(H,27,28). The average molecular weight is 386 g/mol. The average Bonchev–Trinajstić information content (AvgIpc) is 2.78. The van der Waals surface area contributed by atoms with Crippen LogP contribution in [0.15, 0.2) is 72.8 Å². The topological polar surface area (TPSA) is 38.3 Å². The number of nitrogens with one attached hydrogen (secondary N) is 1. The van der Waals surface area contributed by atoms with Crippen LogP contribution < -0.4 is 10.1 Å². The van der Waals surface area contributed by atoms with E-state index in [9.17, 15) is 4.79 Å². The fraction of sp³-hybridized carbons (Fsp3) is 0.269. The lowest BCUT2D eigenvalue weighted by molar-refractivity contribution is -0.121. The third-order valence-corrected chi connectivity index (χ3v) is 5.73. The first kappa shape index (κ1) is 19.3. The minimum Gasteiger partial charge on any atom is -0.489 e. The molecule has 0 aromatic heterocycles. The molecule has 3 heteroatoms. The number of aryl methyl sites for hydroxylation is 1. The van der Waals surface area contributed by atoms with Crippen LogP contribution in [0.25, 0.3) is 11.1 Å². The fourth-order valence-corrected chi connectivity index (χ4v) is 4.11. The van der Waals surface area contributed by atoms with Crippen LogP contribution in [0.4, 0.5) is 0 Å². The summed E-state index contributed by atoms with van der Waals surface area (Å²) in [4.78, 5) is 11.8. The molecule has 0 saturated carbocycles. The van der Waals surface area contributed by atoms with Gasteiger partial charge in [0, 0.05) is 13.5 Å². The minimum atomic E-state index is 0.113. The summed E-state index contributed by atoms with van der Waals surface area (Å²) in [5.74, 6) is 1.33. The van der Waals surface area contributed by atoms with Crippen molar-refractivity contribution in [3.8, 4) is 16.9 Å². The van der Waals surface area contributed by atoms with Crippen molar-refractivity contribution in [2.45, 2.75) is 38.2 Å². The molecule has 0 fully saturated rings. The summed E-state index contributed by atoms with van der Waals surface area (Å²) in [5, 5.41) is 2.74. The van der Waals surface area contributed by atoms with Crippen LogP contribution in [0.1, 0.15) is 41.9 Å². The Morgan fingerprint density at radius 1 is 1.00 bits per heavy atom. The Bertz CT molecular complexity index is 964. The highest BCUT2D eigenvalue weighted by atomic mass is 16.5. The number of hydrogen-bond acceptors (Lipinski definition) is 2. The maximum Gasteiger partial charge on any atom is 0.220 e. The minimum absolute atomic E-state index is 0.113. The van der Waals surface area contributed by atoms with Crippen molar-refractivity contribution in [1.82, 2.24) is 5.32 Å². The van der Waals surface area contributed by atoms with E-state index in [1.807, 2.05) is 12.1 Å². The Labute approximate surface area is 172 Å². The summed E-state index contributed by atoms with van der Waals surface area (Å²) in [5.41, 5.74) is 6.22. The van der Waals surface area contributed by atoms with E-state index in [0.717, 1.165) is 30.6 Å². The molecule has 1 aliphatic carbocycles. The van der Waals surface area contributed by atoms with E-state index in [4.69, 9.17) is 4.74 Å². The predicted molar refractivity (Wildman–Crippen MR) is 117 cm³/mol. The molecule has 0 radical (unpaired) electrons. The Morgan fingerprint density at radius 3 is 2.52 bits per heavy atom. The predicted octanol–water partition coefficient (Wildman–Crippen LogP) is 5.49. The summed E-state index contributed by atoms with van der Waals surface area (Å²) in [7, 11) is 1.70. The van der Waals surface area contributed by atoms with E-state index in [0.29, 0.717) is 18.9 Å². The highest BCUT2D eigenvalue weighted by Crippen LogP contribution is 2.36. The van der Waals surface area contributed by atoms with Gasteiger partial charge in [-0.1, -0.05) is 60.7 Å². The number of carbonyl (C=O) groups is 1. The van der Waals surface area contributed by atoms with Crippen molar-refractivity contribution in [2.24, 2.45) is 0 Å². The van der Waals surface area contributed by atoms with Crippen LogP contribution in [0, 0.1) is 0 Å². The molecule has 1 amide bonds. The highest BCUT2D eigenvalue weighted by Gasteiger charge is 2.22. The van der Waals surface area contributed by atoms with Gasteiger partial charge in [-0.15, -0.1) is 0 Å². The number of ether oxygens (including phenoxy) is 1. The van der Waals surface area contributed by atoms with Gasteiger partial charge >= 0.3 is 0 Å². The van der Waals surface area contributed by atoms with Crippen molar-refractivity contribution in [1.29, 1.82) is 0 Å². The number of rotatable bonds is 6. The first-order valence-electron chi connectivity index (χ1n) is 10.3. The first-order valence-corrected chi connectivity index (χ1v) is 10.3. The molecule has 1 N–H and O–H groups in total. The molecule has 0 aliphatic heterocycles. The highest BCUT2D eigenvalue weighted by molar-refractivity contribution is 5.76. The maximum absolute atomic E-state index is 11.8. The number of amides is 1. The van der Waals surface area contributed by atoms with Crippen LogP contribution in [0.5, 0.6) is 5.75 Å². The number of carbonyl (C=O) groups excluding carboxylic acids is 1. The summed E-state index contributed by atoms with van der Waals surface area (Å²) in [6.45, 7) is 0.551. The fourth-order valence-electron chi connectivity index (χ4n) is 4.11. The molecule has 3 aromatic rings. The van der Waals surface area contributed by atoms with Crippen molar-refractivity contribution < 1.29 is 9.53 Å². The molecule has 0 heterocycles. The SMILES string of the molecule is CNC(=O)CC1CCCc2cc(OCc3ccc(-c4ccccc4)cc3)ccc21. The van der Waals surface area contributed by atoms with Crippen molar-refractivity contribution in [3.63, 3.8) is 0 Å². The molecule has 3 nitrogen and oxygen atoms in total. The monoisotopic (exact) mass is 385 g/mol. The number of hydrogen-bond donors (Lipinski definition) is 1. The smallest absolute Gasteiger partial charge is 0.220 e. The number of benzene rings is 3. The van der Waals surface area contributed by atoms with E-state index >= 15 is 0 Å². The molecule has 0 saturated heterocycles. The van der Waals surface area contributed by atoms with Crippen LogP contribution >= 0.6 is 0 Å². The van der Waals surface area contributed by atoms with Crippen molar-refractivity contribution in [2.75, 3.05) is 7.05 Å². The van der Waals surface area contributed by atoms with Crippen LogP contribution in [0.2, 0.25) is 0 Å². The first-order chi connectivity index (χ1) is 14.2. The Morgan fingerprint density at radius 2 is 1.76 bits per heavy atom. The van der Waals surface area contributed by atoms with Gasteiger partial charge in [0.25, 0.3) is 0 Å². The molecule has 4 rings (SSSR count). The molecular weight excluding hydrogens is 358 g/mol. The second-order valence-electron chi connectivity index (χ2n) is 7.68. The maximum atomic E-state index is 11.8. The molecule has 0 spiro atoms. The molecule has 1 atom stereocenters. The van der Waals surface area contributed by atoms with Gasteiger partial charge in [-0.05, 0) is 65.1 Å². The summed E-state index contributed by atoms with van der Waals surface area (Å²) >= 11 is 0. The van der Waals surface area contributed by atoms with E-state index in [-0.39, 0.29) is 5.91 Å². The molecule has 0 bridgehead atoms. The molecule has 1 aliphatic rings. The Kier molecular flexibility index (Phi) is 5.95. The van der Waals surface area contributed by atoms with Gasteiger partial charge in [0.2, 0.25) is 5.91 Å². The Balaban J connectivity index is 1.41. The van der Waals surface area contributed by atoms with Gasteiger partial charge < -0.3 is 10.1 Å². The van der Waals surface area contributed by atoms with E-state index in [1.54, 1.807) is 7.05 Å². The third-order valence-electron chi connectivity index (χ3n) is 5.73. The Hall–Kier alpha value is -3.07. The van der Waals surface area contributed by atoms with Gasteiger partial charge in [-0.3, -0.25) is 4.79 Å². The van der Waals surface area contributed by atoms with Crippen molar-refractivity contribution >= 4 is 5.91 Å². The third kappa shape index (κ3) is 4.68. The van der Waals surface area contributed by atoms with Gasteiger partial charge in [0.1, 0.15) is 12.4 Å². The lowest BCUT2D eigenvalue weighted by Gasteiger charge is -2.25.